The van der Waals surface area contributed by atoms with E-state index in [1.807, 2.05) is 7.05 Å². The molecule has 0 unspecified atom stereocenters. The molecule has 1 fully saturated rings. The van der Waals surface area contributed by atoms with Crippen molar-refractivity contribution in [1.29, 1.82) is 0 Å². The third-order valence-electron chi connectivity index (χ3n) is 4.00. The van der Waals surface area contributed by atoms with E-state index in [1.165, 1.54) is 11.1 Å². The van der Waals surface area contributed by atoms with Crippen LogP contribution in [0.2, 0.25) is 0 Å². The van der Waals surface area contributed by atoms with Crippen LogP contribution in [0.3, 0.4) is 0 Å². The highest BCUT2D eigenvalue weighted by atomic mass is 32.2. The normalized spacial score (nSPS) is 18.8. The Morgan fingerprint density at radius 1 is 1.19 bits per heavy atom. The summed E-state index contributed by atoms with van der Waals surface area (Å²) in [6.45, 7) is 8.60. The van der Waals surface area contributed by atoms with Crippen molar-refractivity contribution < 1.29 is 8.42 Å². The van der Waals surface area contributed by atoms with Crippen LogP contribution in [0.1, 0.15) is 31.9 Å². The van der Waals surface area contributed by atoms with Crippen LogP contribution >= 0.6 is 0 Å². The van der Waals surface area contributed by atoms with Gasteiger partial charge in [-0.15, -0.1) is 0 Å². The van der Waals surface area contributed by atoms with Crippen molar-refractivity contribution in [3.8, 4) is 0 Å². The number of sulfone groups is 1. The number of benzene rings is 1. The van der Waals surface area contributed by atoms with Gasteiger partial charge >= 0.3 is 0 Å². The molecule has 1 saturated heterocycles. The molecule has 4 nitrogen and oxygen atoms in total. The number of nitrogens with one attached hydrogen (secondary N) is 1. The Morgan fingerprint density at radius 2 is 1.81 bits per heavy atom. The van der Waals surface area contributed by atoms with Crippen LogP contribution in [0.5, 0.6) is 0 Å². The first-order valence-electron chi connectivity index (χ1n) is 7.46. The first-order valence-corrected chi connectivity index (χ1v) is 9.28. The summed E-state index contributed by atoms with van der Waals surface area (Å²) in [6.07, 6.45) is 0. The van der Waals surface area contributed by atoms with E-state index in [2.05, 4.69) is 49.2 Å². The lowest BCUT2D eigenvalue weighted by molar-refractivity contribution is 0.585. The van der Waals surface area contributed by atoms with E-state index in [0.29, 0.717) is 13.1 Å². The van der Waals surface area contributed by atoms with Crippen LogP contribution in [-0.4, -0.2) is 40.1 Å². The minimum atomic E-state index is -2.84. The highest BCUT2D eigenvalue weighted by Crippen LogP contribution is 2.29. The lowest BCUT2D eigenvalue weighted by atomic mass is 9.85. The zero-order valence-corrected chi connectivity index (χ0v) is 14.3. The minimum Gasteiger partial charge on any atom is -0.369 e. The minimum absolute atomic E-state index is 0.117. The van der Waals surface area contributed by atoms with Gasteiger partial charge in [-0.3, -0.25) is 0 Å². The second-order valence-electron chi connectivity index (χ2n) is 6.76. The molecule has 1 aromatic rings. The molecule has 0 aromatic heterocycles. The summed E-state index contributed by atoms with van der Waals surface area (Å²) in [6, 6.07) is 6.55. The highest BCUT2D eigenvalue weighted by Gasteiger charge is 2.24. The molecule has 2 rings (SSSR count). The SMILES string of the molecule is CNCc1cc(C(C)(C)C)ccc1N1CCS(=O)(=O)CC1. The number of hydrogen-bond acceptors (Lipinski definition) is 4. The largest absolute Gasteiger partial charge is 0.369 e. The van der Waals surface area contributed by atoms with Crippen molar-refractivity contribution in [2.24, 2.45) is 0 Å². The molecule has 0 amide bonds. The average molecular weight is 310 g/mol. The predicted molar refractivity (Wildman–Crippen MR) is 88.8 cm³/mol. The fourth-order valence-electron chi connectivity index (χ4n) is 2.65. The highest BCUT2D eigenvalue weighted by molar-refractivity contribution is 7.91. The molecule has 0 radical (unpaired) electrons. The average Bonchev–Trinajstić information content (AvgIpc) is 2.38. The van der Waals surface area contributed by atoms with Crippen LogP contribution in [-0.2, 0) is 21.8 Å². The van der Waals surface area contributed by atoms with Gasteiger partial charge in [0.15, 0.2) is 9.84 Å². The van der Waals surface area contributed by atoms with Gasteiger partial charge < -0.3 is 10.2 Å². The molecule has 21 heavy (non-hydrogen) atoms. The fourth-order valence-corrected chi connectivity index (χ4v) is 3.85. The van der Waals surface area contributed by atoms with Crippen LogP contribution in [0.4, 0.5) is 5.69 Å². The van der Waals surface area contributed by atoms with Crippen molar-refractivity contribution in [2.75, 3.05) is 36.5 Å². The topological polar surface area (TPSA) is 49.4 Å². The molecule has 0 spiro atoms. The van der Waals surface area contributed by atoms with Crippen molar-refractivity contribution in [3.63, 3.8) is 0 Å². The first-order chi connectivity index (χ1) is 9.73. The summed E-state index contributed by atoms with van der Waals surface area (Å²) < 4.78 is 23.2. The maximum absolute atomic E-state index is 11.6. The van der Waals surface area contributed by atoms with Crippen molar-refractivity contribution in [2.45, 2.75) is 32.7 Å². The number of anilines is 1. The van der Waals surface area contributed by atoms with Crippen molar-refractivity contribution in [1.82, 2.24) is 5.32 Å². The van der Waals surface area contributed by atoms with Gasteiger partial charge in [0.05, 0.1) is 11.5 Å². The molecular weight excluding hydrogens is 284 g/mol. The Bertz CT molecular complexity index is 589. The summed E-state index contributed by atoms with van der Waals surface area (Å²) >= 11 is 0. The Labute approximate surface area is 128 Å². The smallest absolute Gasteiger partial charge is 0.153 e. The predicted octanol–water partition coefficient (Wildman–Crippen LogP) is 1.94. The van der Waals surface area contributed by atoms with E-state index in [4.69, 9.17) is 0 Å². The molecule has 0 atom stereocenters. The van der Waals surface area contributed by atoms with Crippen LogP contribution in [0, 0.1) is 0 Å². The summed E-state index contributed by atoms with van der Waals surface area (Å²) in [4.78, 5) is 2.19. The van der Waals surface area contributed by atoms with Gasteiger partial charge in [-0.2, -0.15) is 0 Å². The second-order valence-corrected chi connectivity index (χ2v) is 9.07. The van der Waals surface area contributed by atoms with Crippen LogP contribution in [0.25, 0.3) is 0 Å². The molecule has 0 saturated carbocycles. The van der Waals surface area contributed by atoms with Gasteiger partial charge in [0.1, 0.15) is 0 Å². The zero-order chi connectivity index (χ0) is 15.7. The molecule has 0 bridgehead atoms. The molecule has 1 aromatic carbocycles. The standard InChI is InChI=1S/C16H26N2O2S/c1-16(2,3)14-5-6-15(13(11-14)12-17-4)18-7-9-21(19,20)10-8-18/h5-6,11,17H,7-10,12H2,1-4H3. The van der Waals surface area contributed by atoms with Crippen molar-refractivity contribution >= 4 is 15.5 Å². The Balaban J connectivity index is 2.31. The van der Waals surface area contributed by atoms with Crippen LogP contribution < -0.4 is 10.2 Å². The number of rotatable bonds is 3. The lowest BCUT2D eigenvalue weighted by Gasteiger charge is -2.31. The number of hydrogen-bond donors (Lipinski definition) is 1. The second kappa shape index (κ2) is 5.97. The van der Waals surface area contributed by atoms with Gasteiger partial charge in [-0.25, -0.2) is 8.42 Å². The maximum atomic E-state index is 11.6. The first kappa shape index (κ1) is 16.3. The molecule has 1 heterocycles. The molecule has 1 N–H and O–H groups in total. The zero-order valence-electron chi connectivity index (χ0n) is 13.4. The van der Waals surface area contributed by atoms with E-state index in [1.54, 1.807) is 0 Å². The monoisotopic (exact) mass is 310 g/mol. The van der Waals surface area contributed by atoms with Gasteiger partial charge in [-0.05, 0) is 29.7 Å². The van der Waals surface area contributed by atoms with Crippen LogP contribution in [0.15, 0.2) is 18.2 Å². The summed E-state index contributed by atoms with van der Waals surface area (Å²) in [5, 5.41) is 3.21. The number of nitrogens with zero attached hydrogens (tertiary/aromatic N) is 1. The molecule has 1 aliphatic rings. The van der Waals surface area contributed by atoms with Gasteiger partial charge in [0.25, 0.3) is 0 Å². The molecular formula is C16H26N2O2S. The maximum Gasteiger partial charge on any atom is 0.153 e. The Morgan fingerprint density at radius 3 is 2.33 bits per heavy atom. The summed E-state index contributed by atoms with van der Waals surface area (Å²) in [7, 11) is -0.899. The Hall–Kier alpha value is -1.07. The van der Waals surface area contributed by atoms with Gasteiger partial charge in [0.2, 0.25) is 0 Å². The Kier molecular flexibility index (Phi) is 4.63. The molecule has 0 aliphatic carbocycles. The van der Waals surface area contributed by atoms with E-state index >= 15 is 0 Å². The lowest BCUT2D eigenvalue weighted by Crippen LogP contribution is -2.41. The van der Waals surface area contributed by atoms with E-state index in [9.17, 15) is 8.42 Å². The molecule has 5 heteroatoms. The van der Waals surface area contributed by atoms with E-state index in [-0.39, 0.29) is 16.9 Å². The molecule has 118 valence electrons. The van der Waals surface area contributed by atoms with Gasteiger partial charge in [0, 0.05) is 25.3 Å². The van der Waals surface area contributed by atoms with E-state index < -0.39 is 9.84 Å². The third-order valence-corrected chi connectivity index (χ3v) is 5.61. The quantitative estimate of drug-likeness (QED) is 0.927. The summed E-state index contributed by atoms with van der Waals surface area (Å²) in [5.41, 5.74) is 3.82. The fraction of sp³-hybridized carbons (Fsp3) is 0.625. The van der Waals surface area contributed by atoms with E-state index in [0.717, 1.165) is 12.2 Å². The summed E-state index contributed by atoms with van der Waals surface area (Å²) in [5.74, 6) is 0.514. The van der Waals surface area contributed by atoms with Gasteiger partial charge in [-0.1, -0.05) is 32.9 Å². The molecule has 1 aliphatic heterocycles. The third kappa shape index (κ3) is 3.98. The van der Waals surface area contributed by atoms with Crippen molar-refractivity contribution in [3.05, 3.63) is 29.3 Å².